The van der Waals surface area contributed by atoms with Crippen molar-refractivity contribution in [3.05, 3.63) is 32.1 Å². The van der Waals surface area contributed by atoms with Crippen LogP contribution in [0.5, 0.6) is 0 Å². The monoisotopic (exact) mass is 538 g/mol. The topological polar surface area (TPSA) is 135 Å². The van der Waals surface area contributed by atoms with Crippen molar-refractivity contribution in [3.8, 4) is 0 Å². The normalized spacial score (nSPS) is 25.1. The molecule has 1 amide bonds. The molecule has 0 radical (unpaired) electrons. The molecule has 1 saturated carbocycles. The molecule has 10 nitrogen and oxygen atoms in total. The highest BCUT2D eigenvalue weighted by atomic mass is 32.2. The summed E-state index contributed by atoms with van der Waals surface area (Å²) < 4.78 is 15.4. The van der Waals surface area contributed by atoms with E-state index in [4.69, 9.17) is 14.2 Å². The molecule has 1 aromatic heterocycles. The molecule has 1 saturated heterocycles. The molecule has 4 rings (SSSR count). The van der Waals surface area contributed by atoms with Gasteiger partial charge in [0.25, 0.3) is 0 Å². The number of aliphatic hydroxyl groups excluding tert-OH is 2. The van der Waals surface area contributed by atoms with Gasteiger partial charge in [0.2, 0.25) is 12.7 Å². The number of aliphatic hydroxyl groups is 2. The summed E-state index contributed by atoms with van der Waals surface area (Å²) in [4.78, 5) is 44.6. The molecule has 196 valence electrons. The SMILES string of the molecule is C[C@@H](O)[C@H]1C(=O)N2C(C(=O)OCOC(=O)OC3CCCCC3)=C(SC=Cc3scnc3CO)[C@H](C)[C@H]12. The van der Waals surface area contributed by atoms with Gasteiger partial charge >= 0.3 is 12.1 Å². The molecule has 2 aliphatic heterocycles. The van der Waals surface area contributed by atoms with Crippen LogP contribution in [0, 0.1) is 11.8 Å². The molecule has 3 aliphatic rings. The summed E-state index contributed by atoms with van der Waals surface area (Å²) in [6, 6.07) is -0.371. The molecule has 2 fully saturated rings. The second kappa shape index (κ2) is 11.8. The molecule has 2 N–H and O–H groups in total. The summed E-state index contributed by atoms with van der Waals surface area (Å²) in [6.07, 6.45) is 4.54. The summed E-state index contributed by atoms with van der Waals surface area (Å²) in [7, 11) is 0. The van der Waals surface area contributed by atoms with Crippen molar-refractivity contribution >= 4 is 47.2 Å². The third-order valence-electron chi connectivity index (χ3n) is 6.72. The fourth-order valence-electron chi connectivity index (χ4n) is 4.92. The highest BCUT2D eigenvalue weighted by Crippen LogP contribution is 2.51. The molecule has 1 aliphatic carbocycles. The molecule has 0 aromatic carbocycles. The van der Waals surface area contributed by atoms with E-state index in [0.29, 0.717) is 10.6 Å². The maximum absolute atomic E-state index is 13.0. The summed E-state index contributed by atoms with van der Waals surface area (Å²) in [5.74, 6) is -1.99. The second-order valence-electron chi connectivity index (χ2n) is 9.03. The van der Waals surface area contributed by atoms with Gasteiger partial charge in [-0.15, -0.1) is 11.3 Å². The first-order chi connectivity index (χ1) is 17.3. The lowest BCUT2D eigenvalue weighted by molar-refractivity contribution is -0.167. The number of ether oxygens (including phenoxy) is 3. The predicted molar refractivity (Wildman–Crippen MR) is 132 cm³/mol. The zero-order chi connectivity index (χ0) is 25.8. The Morgan fingerprint density at radius 1 is 1.31 bits per heavy atom. The first kappa shape index (κ1) is 26.6. The van der Waals surface area contributed by atoms with E-state index < -0.39 is 30.9 Å². The zero-order valence-electron chi connectivity index (χ0n) is 20.1. The molecular weight excluding hydrogens is 508 g/mol. The Morgan fingerprint density at radius 3 is 2.75 bits per heavy atom. The number of esters is 1. The fraction of sp³-hybridized carbons (Fsp3) is 0.583. The van der Waals surface area contributed by atoms with Crippen molar-refractivity contribution in [3.63, 3.8) is 0 Å². The van der Waals surface area contributed by atoms with E-state index in [1.54, 1.807) is 23.9 Å². The molecule has 0 bridgehead atoms. The van der Waals surface area contributed by atoms with Gasteiger partial charge in [-0.3, -0.25) is 4.79 Å². The number of rotatable bonds is 9. The van der Waals surface area contributed by atoms with E-state index in [1.807, 2.05) is 6.92 Å². The number of carbonyl (C=O) groups is 3. The third-order valence-corrected chi connectivity index (χ3v) is 8.65. The Labute approximate surface area is 217 Å². The van der Waals surface area contributed by atoms with E-state index >= 15 is 0 Å². The highest BCUT2D eigenvalue weighted by molar-refractivity contribution is 8.06. The van der Waals surface area contributed by atoms with Gasteiger partial charge < -0.3 is 29.3 Å². The van der Waals surface area contributed by atoms with Gasteiger partial charge in [0.15, 0.2) is 0 Å². The number of carbonyl (C=O) groups excluding carboxylic acids is 3. The maximum Gasteiger partial charge on any atom is 0.511 e. The van der Waals surface area contributed by atoms with Gasteiger partial charge in [-0.2, -0.15) is 0 Å². The van der Waals surface area contributed by atoms with Crippen LogP contribution < -0.4 is 0 Å². The van der Waals surface area contributed by atoms with Crippen molar-refractivity contribution in [1.29, 1.82) is 0 Å². The van der Waals surface area contributed by atoms with E-state index in [2.05, 4.69) is 4.98 Å². The summed E-state index contributed by atoms with van der Waals surface area (Å²) in [5.41, 5.74) is 2.27. The summed E-state index contributed by atoms with van der Waals surface area (Å²) in [6.45, 7) is 2.62. The minimum absolute atomic E-state index is 0.0833. The van der Waals surface area contributed by atoms with Crippen LogP contribution in [0.4, 0.5) is 4.79 Å². The number of thioether (sulfide) groups is 1. The lowest BCUT2D eigenvalue weighted by Crippen LogP contribution is -2.63. The van der Waals surface area contributed by atoms with Gasteiger partial charge in [0.1, 0.15) is 11.8 Å². The molecule has 3 heterocycles. The molecule has 4 atom stereocenters. The van der Waals surface area contributed by atoms with Crippen LogP contribution in [0.3, 0.4) is 0 Å². The van der Waals surface area contributed by atoms with Crippen molar-refractivity contribution < 1.29 is 38.8 Å². The summed E-state index contributed by atoms with van der Waals surface area (Å²) >= 11 is 2.63. The van der Waals surface area contributed by atoms with Gasteiger partial charge in [-0.1, -0.05) is 25.1 Å². The van der Waals surface area contributed by atoms with Gasteiger partial charge in [0, 0.05) is 10.8 Å². The van der Waals surface area contributed by atoms with Crippen molar-refractivity contribution in [1.82, 2.24) is 9.88 Å². The predicted octanol–water partition coefficient (Wildman–Crippen LogP) is 3.40. The maximum atomic E-state index is 13.0. The zero-order valence-corrected chi connectivity index (χ0v) is 21.8. The third kappa shape index (κ3) is 5.46. The van der Waals surface area contributed by atoms with Gasteiger partial charge in [-0.05, 0) is 44.1 Å². The van der Waals surface area contributed by atoms with Crippen molar-refractivity contribution in [2.24, 2.45) is 11.8 Å². The van der Waals surface area contributed by atoms with Crippen LogP contribution in [0.2, 0.25) is 0 Å². The minimum Gasteiger partial charge on any atom is -0.431 e. The molecule has 0 spiro atoms. The number of amides is 1. The number of β-lactam (4-membered cyclic amide) rings is 1. The standard InChI is InChI=1S/C24H30N2O8S2/c1-13-19-18(14(2)28)22(29)26(19)20(21(13)35-9-8-17-16(10-27)25-11-36-17)23(30)32-12-33-24(31)34-15-6-4-3-5-7-15/h8-9,11,13-15,18-19,27-28H,3-7,10,12H2,1-2H3/t13-,14-,18-,19-/m1/s1. The largest absolute Gasteiger partial charge is 0.511 e. The van der Waals surface area contributed by atoms with Gasteiger partial charge in [0.05, 0.1) is 40.8 Å². The number of hydrogen-bond donors (Lipinski definition) is 2. The number of thiazole rings is 1. The minimum atomic E-state index is -0.891. The lowest BCUT2D eigenvalue weighted by atomic mass is 9.79. The van der Waals surface area contributed by atoms with E-state index in [-0.39, 0.29) is 36.3 Å². The highest BCUT2D eigenvalue weighted by Gasteiger charge is 2.60. The smallest absolute Gasteiger partial charge is 0.431 e. The van der Waals surface area contributed by atoms with Crippen LogP contribution in [-0.4, -0.2) is 63.2 Å². The van der Waals surface area contributed by atoms with E-state index in [9.17, 15) is 24.6 Å². The number of fused-ring (bicyclic) bond motifs is 1. The van der Waals surface area contributed by atoms with Crippen LogP contribution in [-0.2, 0) is 30.4 Å². The average Bonchev–Trinajstić information content (AvgIpc) is 3.40. The Kier molecular flexibility index (Phi) is 8.70. The molecule has 1 aromatic rings. The second-order valence-corrected chi connectivity index (χ2v) is 10.9. The van der Waals surface area contributed by atoms with Crippen molar-refractivity contribution in [2.75, 3.05) is 6.79 Å². The molecule has 0 unspecified atom stereocenters. The van der Waals surface area contributed by atoms with Crippen LogP contribution in [0.25, 0.3) is 6.08 Å². The molecule has 36 heavy (non-hydrogen) atoms. The lowest BCUT2D eigenvalue weighted by Gasteiger charge is -2.46. The first-order valence-corrected chi connectivity index (χ1v) is 13.7. The van der Waals surface area contributed by atoms with Gasteiger partial charge in [-0.25, -0.2) is 14.6 Å². The number of aromatic nitrogens is 1. The first-order valence-electron chi connectivity index (χ1n) is 12.0. The molecule has 12 heteroatoms. The van der Waals surface area contributed by atoms with Crippen LogP contribution in [0.1, 0.15) is 56.5 Å². The van der Waals surface area contributed by atoms with E-state index in [0.717, 1.165) is 37.0 Å². The Balaban J connectivity index is 1.43. The van der Waals surface area contributed by atoms with Crippen LogP contribution >= 0.6 is 23.1 Å². The molecular formula is C24H30N2O8S2. The Morgan fingerprint density at radius 2 is 2.06 bits per heavy atom. The average molecular weight is 539 g/mol. The number of nitrogens with zero attached hydrogens (tertiary/aromatic N) is 2. The fourth-order valence-corrected chi connectivity index (χ4v) is 6.70. The summed E-state index contributed by atoms with van der Waals surface area (Å²) in [5, 5.41) is 21.3. The van der Waals surface area contributed by atoms with Crippen LogP contribution in [0.15, 0.2) is 21.5 Å². The van der Waals surface area contributed by atoms with Crippen molar-refractivity contribution in [2.45, 2.75) is 70.8 Å². The van der Waals surface area contributed by atoms with E-state index in [1.165, 1.54) is 28.0 Å². The Hall–Kier alpha value is -2.41. The quantitative estimate of drug-likeness (QED) is 0.274. The number of hydrogen-bond acceptors (Lipinski definition) is 11. The Bertz CT molecular complexity index is 1050.